The van der Waals surface area contributed by atoms with E-state index in [4.69, 9.17) is 0 Å². The molecule has 1 amide bonds. The van der Waals surface area contributed by atoms with E-state index >= 15 is 0 Å². The lowest BCUT2D eigenvalue weighted by Gasteiger charge is -2.04. The zero-order valence-electron chi connectivity index (χ0n) is 13.0. The van der Waals surface area contributed by atoms with Crippen LogP contribution in [0.25, 0.3) is 10.8 Å². The fourth-order valence-electron chi connectivity index (χ4n) is 2.38. The zero-order valence-corrected chi connectivity index (χ0v) is 13.8. The van der Waals surface area contributed by atoms with Crippen LogP contribution in [-0.2, 0) is 14.5 Å². The Morgan fingerprint density at radius 1 is 0.833 bits per heavy atom. The first-order chi connectivity index (χ1) is 11.5. The maximum atomic E-state index is 12.6. The topological polar surface area (TPSA) is 63.6 Å². The quantitative estimate of drug-likeness (QED) is 0.541. The van der Waals surface area contributed by atoms with Crippen molar-refractivity contribution >= 4 is 32.2 Å². The van der Waals surface area contributed by atoms with E-state index in [1.807, 2.05) is 24.3 Å². The molecule has 0 aromatic heterocycles. The molecule has 24 heavy (non-hydrogen) atoms. The molecule has 3 aromatic carbocycles. The maximum Gasteiger partial charge on any atom is 0.326 e. The first-order valence-electron chi connectivity index (χ1n) is 7.32. The van der Waals surface area contributed by atoms with Gasteiger partial charge in [-0.1, -0.05) is 54.6 Å². The molecule has 0 aliphatic heterocycles. The van der Waals surface area contributed by atoms with Gasteiger partial charge in [0.1, 0.15) is 0 Å². The summed E-state index contributed by atoms with van der Waals surface area (Å²) in [5.74, 6) is -1.76. The molecule has 1 unspecified atom stereocenters. The smallest absolute Gasteiger partial charge is 0.283 e. The molecule has 4 nitrogen and oxygen atoms in total. The van der Waals surface area contributed by atoms with Crippen molar-refractivity contribution in [2.45, 2.75) is 4.90 Å². The van der Waals surface area contributed by atoms with Crippen molar-refractivity contribution in [1.29, 1.82) is 0 Å². The molecule has 0 radical (unpaired) electrons. The lowest BCUT2D eigenvalue weighted by atomic mass is 10.0. The molecule has 120 valence electrons. The molecule has 3 aromatic rings. The molecule has 0 fully saturated rings. The summed E-state index contributed by atoms with van der Waals surface area (Å²) in [5.41, 5.74) is 0.241. The van der Waals surface area contributed by atoms with Crippen LogP contribution in [0.3, 0.4) is 0 Å². The van der Waals surface area contributed by atoms with Crippen LogP contribution in [0.5, 0.6) is 0 Å². The number of hydrogen-bond donors (Lipinski definition) is 0. The highest BCUT2D eigenvalue weighted by Gasteiger charge is 2.18. The van der Waals surface area contributed by atoms with Crippen molar-refractivity contribution in [2.24, 2.45) is 4.36 Å². The van der Waals surface area contributed by atoms with E-state index in [0.29, 0.717) is 4.90 Å². The summed E-state index contributed by atoms with van der Waals surface area (Å²) in [6.07, 6.45) is 1.36. The van der Waals surface area contributed by atoms with Crippen LogP contribution in [-0.4, -0.2) is 22.2 Å². The van der Waals surface area contributed by atoms with Crippen LogP contribution in [0.2, 0.25) is 0 Å². The minimum Gasteiger partial charge on any atom is -0.283 e. The van der Waals surface area contributed by atoms with Gasteiger partial charge in [0.05, 0.1) is 9.73 Å². The van der Waals surface area contributed by atoms with Crippen LogP contribution in [0.1, 0.15) is 10.4 Å². The average molecular weight is 337 g/mol. The molecule has 0 N–H and O–H groups in total. The zero-order chi connectivity index (χ0) is 17.2. The average Bonchev–Trinajstić information content (AvgIpc) is 2.61. The maximum absolute atomic E-state index is 12.6. The number of benzene rings is 3. The van der Waals surface area contributed by atoms with E-state index in [9.17, 15) is 13.8 Å². The fourth-order valence-corrected chi connectivity index (χ4v) is 3.55. The molecular weight excluding hydrogens is 322 g/mol. The summed E-state index contributed by atoms with van der Waals surface area (Å²) >= 11 is 0. The highest BCUT2D eigenvalue weighted by molar-refractivity contribution is 7.93. The van der Waals surface area contributed by atoms with Crippen molar-refractivity contribution in [3.8, 4) is 0 Å². The Morgan fingerprint density at radius 3 is 2.17 bits per heavy atom. The molecule has 0 spiro atoms. The first kappa shape index (κ1) is 16.1. The summed E-state index contributed by atoms with van der Waals surface area (Å²) in [4.78, 5) is 24.9. The fraction of sp³-hybridized carbons (Fsp3) is 0.0526. The number of amides is 1. The highest BCUT2D eigenvalue weighted by atomic mass is 32.2. The van der Waals surface area contributed by atoms with E-state index in [1.165, 1.54) is 6.26 Å². The van der Waals surface area contributed by atoms with Crippen molar-refractivity contribution in [2.75, 3.05) is 6.26 Å². The number of nitrogens with zero attached hydrogens (tertiary/aromatic N) is 1. The largest absolute Gasteiger partial charge is 0.326 e. The van der Waals surface area contributed by atoms with Crippen molar-refractivity contribution < 1.29 is 13.8 Å². The van der Waals surface area contributed by atoms with Gasteiger partial charge in [-0.3, -0.25) is 9.59 Å². The summed E-state index contributed by atoms with van der Waals surface area (Å²) < 4.78 is 16.3. The Bertz CT molecular complexity index is 1050. The molecule has 3 rings (SSSR count). The summed E-state index contributed by atoms with van der Waals surface area (Å²) in [5, 5.41) is 1.83. The van der Waals surface area contributed by atoms with Gasteiger partial charge in [-0.2, -0.15) is 4.36 Å². The van der Waals surface area contributed by atoms with Crippen LogP contribution in [0.4, 0.5) is 0 Å². The summed E-state index contributed by atoms with van der Waals surface area (Å²) in [6.45, 7) is 0. The predicted molar refractivity (Wildman–Crippen MR) is 94.5 cm³/mol. The van der Waals surface area contributed by atoms with E-state index in [0.717, 1.165) is 10.8 Å². The van der Waals surface area contributed by atoms with Gasteiger partial charge in [-0.25, -0.2) is 4.21 Å². The highest BCUT2D eigenvalue weighted by Crippen LogP contribution is 2.17. The van der Waals surface area contributed by atoms with Crippen molar-refractivity contribution in [3.05, 3.63) is 78.4 Å². The van der Waals surface area contributed by atoms with Crippen LogP contribution < -0.4 is 0 Å². The first-order valence-corrected chi connectivity index (χ1v) is 9.24. The van der Waals surface area contributed by atoms with Crippen LogP contribution in [0.15, 0.2) is 82.1 Å². The van der Waals surface area contributed by atoms with Gasteiger partial charge in [0.2, 0.25) is 0 Å². The van der Waals surface area contributed by atoms with E-state index < -0.39 is 21.4 Å². The normalized spacial score (nSPS) is 13.2. The Kier molecular flexibility index (Phi) is 4.27. The molecule has 1 atom stereocenters. The lowest BCUT2D eigenvalue weighted by molar-refractivity contribution is -0.113. The van der Waals surface area contributed by atoms with Gasteiger partial charge in [-0.05, 0) is 29.0 Å². The SMILES string of the molecule is CS(=O)(=NC(=O)C(=O)c1ccc2ccccc2c1)c1ccccc1. The Morgan fingerprint density at radius 2 is 1.46 bits per heavy atom. The number of carbonyl (C=O) groups excluding carboxylic acids is 2. The number of ketones is 1. The Labute approximate surface area is 140 Å². The molecule has 0 aliphatic carbocycles. The summed E-state index contributed by atoms with van der Waals surface area (Å²) in [6, 6.07) is 21.0. The number of hydrogen-bond acceptors (Lipinski definition) is 3. The minimum absolute atomic E-state index is 0.241. The van der Waals surface area contributed by atoms with E-state index in [1.54, 1.807) is 48.5 Å². The monoisotopic (exact) mass is 337 g/mol. The molecule has 0 saturated heterocycles. The van der Waals surface area contributed by atoms with Gasteiger partial charge in [-0.15, -0.1) is 0 Å². The number of rotatable bonds is 3. The van der Waals surface area contributed by atoms with E-state index in [2.05, 4.69) is 4.36 Å². The van der Waals surface area contributed by atoms with Crippen molar-refractivity contribution in [3.63, 3.8) is 0 Å². The Hall–Kier alpha value is -2.79. The van der Waals surface area contributed by atoms with Gasteiger partial charge >= 0.3 is 5.91 Å². The van der Waals surface area contributed by atoms with Gasteiger partial charge in [0.15, 0.2) is 0 Å². The number of Topliss-reactive ketones (excluding diaryl/α,β-unsaturated/α-hetero) is 1. The third-order valence-corrected chi connectivity index (χ3v) is 5.30. The van der Waals surface area contributed by atoms with Crippen LogP contribution in [0, 0.1) is 0 Å². The second-order valence-electron chi connectivity index (χ2n) is 5.40. The second kappa shape index (κ2) is 6.37. The predicted octanol–water partition coefficient (Wildman–Crippen LogP) is 3.71. The van der Waals surface area contributed by atoms with Gasteiger partial charge < -0.3 is 0 Å². The molecule has 0 heterocycles. The second-order valence-corrected chi connectivity index (χ2v) is 7.66. The third kappa shape index (κ3) is 3.26. The number of fused-ring (bicyclic) bond motifs is 1. The molecule has 0 aliphatic rings. The number of carbonyl (C=O) groups is 2. The van der Waals surface area contributed by atoms with Gasteiger partial charge in [0.25, 0.3) is 5.78 Å². The standard InChI is InChI=1S/C19H15NO3S/c1-24(23,17-9-3-2-4-10-17)20-19(22)18(21)16-12-11-14-7-5-6-8-15(14)13-16/h2-13H,1H3. The lowest BCUT2D eigenvalue weighted by Crippen LogP contribution is -2.14. The minimum atomic E-state index is -2.95. The molecular formula is C19H15NO3S. The van der Waals surface area contributed by atoms with Crippen LogP contribution >= 0.6 is 0 Å². The van der Waals surface area contributed by atoms with Gasteiger partial charge in [0, 0.05) is 16.7 Å². The molecule has 5 heteroatoms. The van der Waals surface area contributed by atoms with E-state index in [-0.39, 0.29) is 5.56 Å². The summed E-state index contributed by atoms with van der Waals surface area (Å²) in [7, 11) is -2.95. The molecule has 0 bridgehead atoms. The third-order valence-electron chi connectivity index (χ3n) is 3.64. The Balaban J connectivity index is 1.95. The molecule has 0 saturated carbocycles. The van der Waals surface area contributed by atoms with Crippen molar-refractivity contribution in [1.82, 2.24) is 0 Å².